The van der Waals surface area contributed by atoms with Crippen LogP contribution in [0.1, 0.15) is 19.8 Å². The van der Waals surface area contributed by atoms with Crippen LogP contribution in [0.5, 0.6) is 0 Å². The van der Waals surface area contributed by atoms with Crippen LogP contribution in [0.2, 0.25) is 0 Å². The maximum atomic E-state index is 12.0. The molecule has 0 aromatic rings. The minimum absolute atomic E-state index is 0.0854. The average Bonchev–Trinajstić information content (AvgIpc) is 2.74. The number of amides is 1. The molecule has 4 heteroatoms. The Morgan fingerprint density at radius 2 is 2.27 bits per heavy atom. The molecular formula is C11H18ClNO2. The smallest absolute Gasteiger partial charge is 0.228 e. The predicted octanol–water partition coefficient (Wildman–Crippen LogP) is 1.50. The van der Waals surface area contributed by atoms with E-state index in [0.29, 0.717) is 19.1 Å². The number of nitrogens with zero attached hydrogens (tertiary/aromatic N) is 1. The predicted molar refractivity (Wildman–Crippen MR) is 58.9 cm³/mol. The van der Waals surface area contributed by atoms with Gasteiger partial charge in [0.2, 0.25) is 5.91 Å². The molecule has 1 amide bonds. The summed E-state index contributed by atoms with van der Waals surface area (Å²) in [5, 5.41) is 0.116. The summed E-state index contributed by atoms with van der Waals surface area (Å²) in [4.78, 5) is 14.0. The fourth-order valence-corrected chi connectivity index (χ4v) is 2.50. The Kier molecular flexibility index (Phi) is 3.52. The zero-order chi connectivity index (χ0) is 10.8. The lowest BCUT2D eigenvalue weighted by Gasteiger charge is -2.35. The summed E-state index contributed by atoms with van der Waals surface area (Å²) in [6, 6.07) is 0. The van der Waals surface area contributed by atoms with Gasteiger partial charge in [-0.05, 0) is 18.8 Å². The summed E-state index contributed by atoms with van der Waals surface area (Å²) in [6.07, 6.45) is 1.89. The molecule has 0 N–H and O–H groups in total. The summed E-state index contributed by atoms with van der Waals surface area (Å²) in [7, 11) is 0. The van der Waals surface area contributed by atoms with E-state index in [0.717, 1.165) is 26.0 Å². The lowest BCUT2D eigenvalue weighted by molar-refractivity contribution is -0.136. The van der Waals surface area contributed by atoms with Crippen molar-refractivity contribution in [2.45, 2.75) is 25.1 Å². The van der Waals surface area contributed by atoms with E-state index in [9.17, 15) is 4.79 Å². The minimum atomic E-state index is 0.0854. The second-order valence-corrected chi connectivity index (χ2v) is 5.19. The highest BCUT2D eigenvalue weighted by atomic mass is 35.5. The standard InChI is InChI=1S/C11H18ClNO2/c1-8-2-4-13(6-10(8)12)11(14)9-3-5-15-7-9/h8-10H,2-7H2,1H3. The normalized spacial score (nSPS) is 36.9. The van der Waals surface area contributed by atoms with Gasteiger partial charge in [-0.15, -0.1) is 11.6 Å². The van der Waals surface area contributed by atoms with Crippen molar-refractivity contribution >= 4 is 17.5 Å². The molecule has 2 fully saturated rings. The molecule has 86 valence electrons. The van der Waals surface area contributed by atoms with Gasteiger partial charge in [0.05, 0.1) is 17.9 Å². The number of likely N-dealkylation sites (tertiary alicyclic amines) is 1. The van der Waals surface area contributed by atoms with Crippen LogP contribution >= 0.6 is 11.6 Å². The van der Waals surface area contributed by atoms with Crippen LogP contribution in [0.25, 0.3) is 0 Å². The molecule has 2 saturated heterocycles. The third kappa shape index (κ3) is 2.45. The van der Waals surface area contributed by atoms with Gasteiger partial charge in [-0.25, -0.2) is 0 Å². The Bertz CT molecular complexity index is 241. The first kappa shape index (κ1) is 11.2. The van der Waals surface area contributed by atoms with E-state index in [2.05, 4.69) is 6.92 Å². The van der Waals surface area contributed by atoms with Crippen molar-refractivity contribution in [2.75, 3.05) is 26.3 Å². The summed E-state index contributed by atoms with van der Waals surface area (Å²) >= 11 is 6.19. The minimum Gasteiger partial charge on any atom is -0.381 e. The third-order valence-electron chi connectivity index (χ3n) is 3.46. The van der Waals surface area contributed by atoms with Crippen LogP contribution in [0.15, 0.2) is 0 Å². The van der Waals surface area contributed by atoms with Gasteiger partial charge in [0, 0.05) is 19.7 Å². The summed E-state index contributed by atoms with van der Waals surface area (Å²) in [5.41, 5.74) is 0. The van der Waals surface area contributed by atoms with Gasteiger partial charge in [-0.1, -0.05) is 6.92 Å². The SMILES string of the molecule is CC1CCN(C(=O)C2CCOC2)CC1Cl. The van der Waals surface area contributed by atoms with Crippen molar-refractivity contribution in [3.05, 3.63) is 0 Å². The molecule has 2 heterocycles. The third-order valence-corrected chi connectivity index (χ3v) is 4.03. The fraction of sp³-hybridized carbons (Fsp3) is 0.909. The van der Waals surface area contributed by atoms with Crippen molar-refractivity contribution in [3.8, 4) is 0 Å². The monoisotopic (exact) mass is 231 g/mol. The van der Waals surface area contributed by atoms with Gasteiger partial charge in [0.25, 0.3) is 0 Å². The largest absolute Gasteiger partial charge is 0.381 e. The number of rotatable bonds is 1. The van der Waals surface area contributed by atoms with Crippen LogP contribution in [-0.4, -0.2) is 42.5 Å². The first-order valence-electron chi connectivity index (χ1n) is 5.69. The highest BCUT2D eigenvalue weighted by Gasteiger charge is 2.32. The lowest BCUT2D eigenvalue weighted by Crippen LogP contribution is -2.46. The van der Waals surface area contributed by atoms with Crippen molar-refractivity contribution < 1.29 is 9.53 Å². The van der Waals surface area contributed by atoms with E-state index >= 15 is 0 Å². The Morgan fingerprint density at radius 3 is 2.87 bits per heavy atom. The molecule has 2 aliphatic rings. The van der Waals surface area contributed by atoms with Gasteiger partial charge >= 0.3 is 0 Å². The van der Waals surface area contributed by atoms with E-state index < -0.39 is 0 Å². The quantitative estimate of drug-likeness (QED) is 0.640. The van der Waals surface area contributed by atoms with Crippen molar-refractivity contribution in [3.63, 3.8) is 0 Å². The number of piperidine rings is 1. The molecule has 15 heavy (non-hydrogen) atoms. The molecule has 0 aliphatic carbocycles. The fourth-order valence-electron chi connectivity index (χ4n) is 2.21. The topological polar surface area (TPSA) is 29.5 Å². The second kappa shape index (κ2) is 4.71. The number of carbonyl (C=O) groups is 1. The van der Waals surface area contributed by atoms with Crippen molar-refractivity contribution in [1.29, 1.82) is 0 Å². The van der Waals surface area contributed by atoms with E-state index in [1.54, 1.807) is 0 Å². The average molecular weight is 232 g/mol. The van der Waals surface area contributed by atoms with Crippen LogP contribution in [0.4, 0.5) is 0 Å². The summed E-state index contributed by atoms with van der Waals surface area (Å²) < 4.78 is 5.24. The Morgan fingerprint density at radius 1 is 1.47 bits per heavy atom. The Hall–Kier alpha value is -0.280. The summed E-state index contributed by atoms with van der Waals surface area (Å²) in [6.45, 7) is 5.04. The molecule has 0 aromatic heterocycles. The van der Waals surface area contributed by atoms with Gasteiger partial charge in [-0.2, -0.15) is 0 Å². The van der Waals surface area contributed by atoms with E-state index in [4.69, 9.17) is 16.3 Å². The van der Waals surface area contributed by atoms with Crippen molar-refractivity contribution in [2.24, 2.45) is 11.8 Å². The Labute approximate surface area is 95.7 Å². The first-order valence-corrected chi connectivity index (χ1v) is 6.12. The number of ether oxygens (including phenoxy) is 1. The molecule has 2 aliphatic heterocycles. The molecule has 0 radical (unpaired) electrons. The molecule has 0 saturated carbocycles. The lowest BCUT2D eigenvalue weighted by atomic mass is 9.97. The highest BCUT2D eigenvalue weighted by Crippen LogP contribution is 2.24. The zero-order valence-corrected chi connectivity index (χ0v) is 9.87. The van der Waals surface area contributed by atoms with E-state index in [-0.39, 0.29) is 17.2 Å². The van der Waals surface area contributed by atoms with E-state index in [1.165, 1.54) is 0 Å². The van der Waals surface area contributed by atoms with Gasteiger partial charge < -0.3 is 9.64 Å². The zero-order valence-electron chi connectivity index (χ0n) is 9.12. The van der Waals surface area contributed by atoms with Crippen LogP contribution in [-0.2, 0) is 9.53 Å². The van der Waals surface area contributed by atoms with E-state index in [1.807, 2.05) is 4.90 Å². The maximum Gasteiger partial charge on any atom is 0.228 e. The number of halogens is 1. The molecule has 3 unspecified atom stereocenters. The molecule has 0 bridgehead atoms. The van der Waals surface area contributed by atoms with Gasteiger partial charge in [0.15, 0.2) is 0 Å². The van der Waals surface area contributed by atoms with Crippen molar-refractivity contribution in [1.82, 2.24) is 4.90 Å². The highest BCUT2D eigenvalue weighted by molar-refractivity contribution is 6.21. The molecule has 0 aromatic carbocycles. The van der Waals surface area contributed by atoms with Crippen LogP contribution in [0.3, 0.4) is 0 Å². The number of carbonyl (C=O) groups excluding carboxylic acids is 1. The number of hydrogen-bond acceptors (Lipinski definition) is 2. The molecular weight excluding hydrogens is 214 g/mol. The number of hydrogen-bond donors (Lipinski definition) is 0. The molecule has 0 spiro atoms. The first-order chi connectivity index (χ1) is 7.18. The van der Waals surface area contributed by atoms with Gasteiger partial charge in [-0.3, -0.25) is 4.79 Å². The molecule has 3 nitrogen and oxygen atoms in total. The van der Waals surface area contributed by atoms with Crippen LogP contribution in [0, 0.1) is 11.8 Å². The Balaban J connectivity index is 1.90. The molecule has 2 rings (SSSR count). The maximum absolute atomic E-state index is 12.0. The van der Waals surface area contributed by atoms with Crippen LogP contribution < -0.4 is 0 Å². The second-order valence-electron chi connectivity index (χ2n) is 4.63. The molecule has 3 atom stereocenters. The van der Waals surface area contributed by atoms with Gasteiger partial charge in [0.1, 0.15) is 0 Å². The summed E-state index contributed by atoms with van der Waals surface area (Å²) in [5.74, 6) is 0.850. The number of alkyl halides is 1.